The number of nitrogens with zero attached hydrogens (tertiary/aromatic N) is 1. The number of carbonyl (C=O) groups is 1. The van der Waals surface area contributed by atoms with Gasteiger partial charge in [0.05, 0.1) is 16.6 Å². The first kappa shape index (κ1) is 20.6. The zero-order valence-electron chi connectivity index (χ0n) is 15.5. The van der Waals surface area contributed by atoms with Gasteiger partial charge in [-0.1, -0.05) is 33.8 Å². The molecule has 1 amide bonds. The summed E-state index contributed by atoms with van der Waals surface area (Å²) >= 11 is 1.35. The number of halogens is 3. The summed E-state index contributed by atoms with van der Waals surface area (Å²) in [6.45, 7) is 10.2. The fourth-order valence-electron chi connectivity index (χ4n) is 2.52. The van der Waals surface area contributed by atoms with Crippen LogP contribution < -0.4 is 5.32 Å². The number of pyridine rings is 1. The van der Waals surface area contributed by atoms with Crippen molar-refractivity contribution < 1.29 is 18.0 Å². The summed E-state index contributed by atoms with van der Waals surface area (Å²) in [5, 5.41) is 3.92. The SMILES string of the molecule is CCSc1nc2cc(C(F)(F)F)ccc2c(C)c1C(=O)NCC(C)(C)C. The van der Waals surface area contributed by atoms with E-state index >= 15 is 0 Å². The van der Waals surface area contributed by atoms with Gasteiger partial charge in [-0.15, -0.1) is 11.8 Å². The van der Waals surface area contributed by atoms with Gasteiger partial charge in [0.1, 0.15) is 5.03 Å². The lowest BCUT2D eigenvalue weighted by molar-refractivity contribution is -0.137. The van der Waals surface area contributed by atoms with Crippen LogP contribution in [0.5, 0.6) is 0 Å². The molecule has 0 aliphatic carbocycles. The summed E-state index contributed by atoms with van der Waals surface area (Å²) in [4.78, 5) is 17.1. The third-order valence-electron chi connectivity index (χ3n) is 3.83. The maximum atomic E-state index is 13.0. The smallest absolute Gasteiger partial charge is 0.351 e. The first-order chi connectivity index (χ1) is 11.9. The standard InChI is InChI=1S/C19H23F3N2OS/c1-6-26-17-15(16(25)23-10-18(3,4)5)11(2)13-8-7-12(19(20,21)22)9-14(13)24-17/h7-9H,6,10H2,1-5H3,(H,23,25). The number of alkyl halides is 3. The van der Waals surface area contributed by atoms with Gasteiger partial charge >= 0.3 is 6.18 Å². The first-order valence-electron chi connectivity index (χ1n) is 8.36. The number of hydrogen-bond acceptors (Lipinski definition) is 3. The van der Waals surface area contributed by atoms with Crippen molar-refractivity contribution in [3.8, 4) is 0 Å². The Morgan fingerprint density at radius 1 is 1.23 bits per heavy atom. The van der Waals surface area contributed by atoms with E-state index in [1.165, 1.54) is 17.8 Å². The number of rotatable bonds is 4. The van der Waals surface area contributed by atoms with Crippen molar-refractivity contribution in [2.45, 2.75) is 45.8 Å². The van der Waals surface area contributed by atoms with Crippen molar-refractivity contribution in [2.75, 3.05) is 12.3 Å². The summed E-state index contributed by atoms with van der Waals surface area (Å²) in [6, 6.07) is 3.46. The molecule has 0 bridgehead atoms. The maximum absolute atomic E-state index is 13.0. The zero-order valence-corrected chi connectivity index (χ0v) is 16.4. The Hall–Kier alpha value is -1.76. The van der Waals surface area contributed by atoms with E-state index in [9.17, 15) is 18.0 Å². The Morgan fingerprint density at radius 3 is 2.42 bits per heavy atom. The summed E-state index contributed by atoms with van der Waals surface area (Å²) < 4.78 is 39.0. The van der Waals surface area contributed by atoms with Crippen LogP contribution in [0.15, 0.2) is 23.2 Å². The highest BCUT2D eigenvalue weighted by Gasteiger charge is 2.31. The molecule has 1 aromatic heterocycles. The number of hydrogen-bond donors (Lipinski definition) is 1. The van der Waals surface area contributed by atoms with E-state index < -0.39 is 11.7 Å². The Morgan fingerprint density at radius 2 is 1.88 bits per heavy atom. The van der Waals surface area contributed by atoms with Crippen LogP contribution in [0, 0.1) is 12.3 Å². The molecule has 1 aromatic carbocycles. The predicted molar refractivity (Wildman–Crippen MR) is 99.7 cm³/mol. The monoisotopic (exact) mass is 384 g/mol. The first-order valence-corrected chi connectivity index (χ1v) is 9.35. The van der Waals surface area contributed by atoms with Crippen LogP contribution in [-0.2, 0) is 6.18 Å². The summed E-state index contributed by atoms with van der Waals surface area (Å²) in [5.41, 5.74) is 0.516. The molecule has 0 aliphatic heterocycles. The normalized spacial score (nSPS) is 12.5. The molecule has 1 heterocycles. The number of benzene rings is 1. The van der Waals surface area contributed by atoms with Crippen molar-refractivity contribution in [1.29, 1.82) is 0 Å². The molecule has 0 atom stereocenters. The second-order valence-corrected chi connectivity index (χ2v) is 8.58. The van der Waals surface area contributed by atoms with Crippen LogP contribution in [-0.4, -0.2) is 23.2 Å². The van der Waals surface area contributed by atoms with Gasteiger partial charge in [-0.05, 0) is 35.8 Å². The molecule has 1 N–H and O–H groups in total. The molecule has 0 fully saturated rings. The van der Waals surface area contributed by atoms with Crippen LogP contribution in [0.3, 0.4) is 0 Å². The lowest BCUT2D eigenvalue weighted by Crippen LogP contribution is -2.33. The van der Waals surface area contributed by atoms with Gasteiger partial charge in [-0.2, -0.15) is 13.2 Å². The van der Waals surface area contributed by atoms with Gasteiger partial charge in [-0.3, -0.25) is 4.79 Å². The zero-order chi connectivity index (χ0) is 19.7. The molecular formula is C19H23F3N2OS. The Kier molecular flexibility index (Phi) is 5.90. The van der Waals surface area contributed by atoms with Crippen LogP contribution >= 0.6 is 11.8 Å². The van der Waals surface area contributed by atoms with E-state index in [1.807, 2.05) is 27.7 Å². The van der Waals surface area contributed by atoms with Gasteiger partial charge in [0.25, 0.3) is 5.91 Å². The number of fused-ring (bicyclic) bond motifs is 1. The van der Waals surface area contributed by atoms with Crippen LogP contribution in [0.1, 0.15) is 49.2 Å². The van der Waals surface area contributed by atoms with E-state index in [-0.39, 0.29) is 16.8 Å². The van der Waals surface area contributed by atoms with Gasteiger partial charge in [0, 0.05) is 11.9 Å². The molecule has 0 spiro atoms. The predicted octanol–water partition coefficient (Wildman–Crippen LogP) is 5.45. The maximum Gasteiger partial charge on any atom is 0.416 e. The third kappa shape index (κ3) is 4.69. The number of carbonyl (C=O) groups excluding carboxylic acids is 1. The van der Waals surface area contributed by atoms with Gasteiger partial charge in [0.2, 0.25) is 0 Å². The number of aromatic nitrogens is 1. The largest absolute Gasteiger partial charge is 0.416 e. The summed E-state index contributed by atoms with van der Waals surface area (Å²) in [6.07, 6.45) is -4.43. The summed E-state index contributed by atoms with van der Waals surface area (Å²) in [5.74, 6) is 0.416. The highest BCUT2D eigenvalue weighted by Crippen LogP contribution is 2.34. The minimum atomic E-state index is -4.43. The molecule has 2 rings (SSSR count). The highest BCUT2D eigenvalue weighted by molar-refractivity contribution is 7.99. The molecule has 7 heteroatoms. The molecule has 2 aromatic rings. The summed E-state index contributed by atoms with van der Waals surface area (Å²) in [7, 11) is 0. The van der Waals surface area contributed by atoms with Crippen molar-refractivity contribution in [2.24, 2.45) is 5.41 Å². The number of amides is 1. The molecule has 0 saturated carbocycles. The van der Waals surface area contributed by atoms with Crippen LogP contribution in [0.2, 0.25) is 0 Å². The highest BCUT2D eigenvalue weighted by atomic mass is 32.2. The quantitative estimate of drug-likeness (QED) is 0.713. The fraction of sp³-hybridized carbons (Fsp3) is 0.474. The Bertz CT molecular complexity index is 826. The second-order valence-electron chi connectivity index (χ2n) is 7.32. The molecule has 0 radical (unpaired) electrons. The van der Waals surface area contributed by atoms with E-state index in [0.717, 1.165) is 12.1 Å². The molecule has 142 valence electrons. The fourth-order valence-corrected chi connectivity index (χ4v) is 3.35. The number of nitrogens with one attached hydrogen (secondary N) is 1. The number of thioether (sulfide) groups is 1. The molecule has 0 saturated heterocycles. The van der Waals surface area contributed by atoms with Crippen LogP contribution in [0.25, 0.3) is 10.9 Å². The number of aryl methyl sites for hydroxylation is 1. The topological polar surface area (TPSA) is 42.0 Å². The van der Waals surface area contributed by atoms with Gasteiger partial charge in [-0.25, -0.2) is 4.98 Å². The molecular weight excluding hydrogens is 361 g/mol. The minimum Gasteiger partial charge on any atom is -0.351 e. The van der Waals surface area contributed by atoms with E-state index in [4.69, 9.17) is 0 Å². The van der Waals surface area contributed by atoms with E-state index in [0.29, 0.717) is 33.8 Å². The van der Waals surface area contributed by atoms with E-state index in [1.54, 1.807) is 6.92 Å². The van der Waals surface area contributed by atoms with Crippen molar-refractivity contribution >= 4 is 28.6 Å². The van der Waals surface area contributed by atoms with Gasteiger partial charge < -0.3 is 5.32 Å². The second kappa shape index (κ2) is 7.47. The van der Waals surface area contributed by atoms with E-state index in [2.05, 4.69) is 10.3 Å². The minimum absolute atomic E-state index is 0.0759. The van der Waals surface area contributed by atoms with Crippen molar-refractivity contribution in [3.05, 3.63) is 34.9 Å². The molecule has 0 aliphatic rings. The molecule has 0 unspecified atom stereocenters. The Labute approximate surface area is 155 Å². The Balaban J connectivity index is 2.57. The van der Waals surface area contributed by atoms with Gasteiger partial charge in [0.15, 0.2) is 0 Å². The average molecular weight is 384 g/mol. The van der Waals surface area contributed by atoms with Crippen molar-refractivity contribution in [3.63, 3.8) is 0 Å². The van der Waals surface area contributed by atoms with Crippen molar-refractivity contribution in [1.82, 2.24) is 10.3 Å². The molecule has 26 heavy (non-hydrogen) atoms. The third-order valence-corrected chi connectivity index (χ3v) is 4.68. The molecule has 3 nitrogen and oxygen atoms in total. The van der Waals surface area contributed by atoms with Crippen LogP contribution in [0.4, 0.5) is 13.2 Å². The average Bonchev–Trinajstić information content (AvgIpc) is 2.51. The lowest BCUT2D eigenvalue weighted by Gasteiger charge is -2.20. The lowest BCUT2D eigenvalue weighted by atomic mass is 9.96.